The molecule has 3 aliphatic rings. The van der Waals surface area contributed by atoms with Gasteiger partial charge in [0, 0.05) is 44.3 Å². The lowest BCUT2D eigenvalue weighted by atomic mass is 9.80. The molecule has 0 unspecified atom stereocenters. The van der Waals surface area contributed by atoms with Gasteiger partial charge in [-0.3, -0.25) is 4.79 Å². The zero-order valence-corrected chi connectivity index (χ0v) is 21.3. The summed E-state index contributed by atoms with van der Waals surface area (Å²) in [6.45, 7) is 8.64. The number of fused-ring (bicyclic) bond motifs is 4. The number of rotatable bonds is 3. The van der Waals surface area contributed by atoms with Gasteiger partial charge in [-0.2, -0.15) is 4.98 Å². The molecule has 3 N–H and O–H groups in total. The van der Waals surface area contributed by atoms with Crippen LogP contribution in [0, 0.1) is 12.8 Å². The third kappa shape index (κ3) is 4.86. The van der Waals surface area contributed by atoms with Gasteiger partial charge in [0.25, 0.3) is 5.91 Å². The summed E-state index contributed by atoms with van der Waals surface area (Å²) in [7, 11) is 0. The summed E-state index contributed by atoms with van der Waals surface area (Å²) in [4.78, 5) is 28.8. The SMILES string of the molecule is C#C.CC.O=C1NCC2(CCCCC2)n2c1cc1cnc(Nc3ccc(N4CCNCC4)cn3)nc12. The van der Waals surface area contributed by atoms with Crippen molar-refractivity contribution in [2.45, 2.75) is 51.5 Å². The summed E-state index contributed by atoms with van der Waals surface area (Å²) >= 11 is 0. The van der Waals surface area contributed by atoms with Gasteiger partial charge in [-0.05, 0) is 31.0 Å². The number of carbonyl (C=O) groups is 1. The van der Waals surface area contributed by atoms with Gasteiger partial charge in [0.1, 0.15) is 17.2 Å². The second-order valence-electron chi connectivity index (χ2n) is 9.07. The molecule has 1 saturated carbocycles. The van der Waals surface area contributed by atoms with E-state index >= 15 is 0 Å². The zero-order chi connectivity index (χ0) is 25.5. The molecule has 9 heteroatoms. The van der Waals surface area contributed by atoms with E-state index < -0.39 is 0 Å². The minimum atomic E-state index is -0.0853. The number of terminal acetylenes is 1. The molecule has 6 rings (SSSR count). The van der Waals surface area contributed by atoms with Crippen LogP contribution in [0.25, 0.3) is 11.0 Å². The van der Waals surface area contributed by atoms with Gasteiger partial charge in [-0.25, -0.2) is 9.97 Å². The van der Waals surface area contributed by atoms with Crippen LogP contribution in [0.15, 0.2) is 30.6 Å². The first kappa shape index (κ1) is 25.5. The molecule has 0 aromatic carbocycles. The number of anilines is 3. The normalized spacial score (nSPS) is 18.2. The Morgan fingerprint density at radius 2 is 1.78 bits per heavy atom. The predicted molar refractivity (Wildman–Crippen MR) is 145 cm³/mol. The lowest BCUT2D eigenvalue weighted by molar-refractivity contribution is 0.0833. The Kier molecular flexibility index (Phi) is 8.06. The highest BCUT2D eigenvalue weighted by molar-refractivity contribution is 5.99. The van der Waals surface area contributed by atoms with Crippen LogP contribution in [0.4, 0.5) is 17.5 Å². The molecule has 1 amide bonds. The van der Waals surface area contributed by atoms with Crippen LogP contribution in [0.5, 0.6) is 0 Å². The number of pyridine rings is 1. The molecule has 0 bridgehead atoms. The Morgan fingerprint density at radius 1 is 1.03 bits per heavy atom. The Bertz CT molecular complexity index is 1190. The van der Waals surface area contributed by atoms with E-state index in [9.17, 15) is 4.79 Å². The van der Waals surface area contributed by atoms with E-state index in [-0.39, 0.29) is 11.4 Å². The van der Waals surface area contributed by atoms with Crippen molar-refractivity contribution >= 4 is 34.4 Å². The molecule has 0 atom stereocenters. The Hall–Kier alpha value is -3.64. The molecule has 0 radical (unpaired) electrons. The van der Waals surface area contributed by atoms with E-state index in [0.717, 1.165) is 55.7 Å². The van der Waals surface area contributed by atoms with E-state index in [1.54, 1.807) is 6.20 Å². The van der Waals surface area contributed by atoms with E-state index in [0.29, 0.717) is 24.0 Å². The van der Waals surface area contributed by atoms with Crippen LogP contribution in [-0.2, 0) is 5.54 Å². The molecule has 2 aliphatic heterocycles. The Labute approximate surface area is 213 Å². The maximum absolute atomic E-state index is 12.6. The highest BCUT2D eigenvalue weighted by atomic mass is 16.2. The highest BCUT2D eigenvalue weighted by Gasteiger charge is 2.41. The third-order valence-corrected chi connectivity index (χ3v) is 7.08. The Morgan fingerprint density at radius 3 is 2.47 bits per heavy atom. The Balaban J connectivity index is 0.000000726. The minimum absolute atomic E-state index is 0.0288. The van der Waals surface area contributed by atoms with Crippen molar-refractivity contribution in [3.05, 3.63) is 36.3 Å². The highest BCUT2D eigenvalue weighted by Crippen LogP contribution is 2.40. The molecule has 1 spiro atoms. The lowest BCUT2D eigenvalue weighted by Gasteiger charge is -2.42. The summed E-state index contributed by atoms with van der Waals surface area (Å²) in [5.41, 5.74) is 2.56. The van der Waals surface area contributed by atoms with Gasteiger partial charge in [0.2, 0.25) is 5.95 Å². The summed E-state index contributed by atoms with van der Waals surface area (Å²) in [6, 6.07) is 5.97. The molecule has 36 heavy (non-hydrogen) atoms. The van der Waals surface area contributed by atoms with Gasteiger partial charge >= 0.3 is 0 Å². The summed E-state index contributed by atoms with van der Waals surface area (Å²) in [6.07, 6.45) is 17.4. The van der Waals surface area contributed by atoms with Crippen molar-refractivity contribution in [1.82, 2.24) is 30.2 Å². The summed E-state index contributed by atoms with van der Waals surface area (Å²) < 4.78 is 2.19. The molecule has 3 aromatic rings. The molecule has 2 fully saturated rings. The second kappa shape index (κ2) is 11.4. The van der Waals surface area contributed by atoms with Crippen LogP contribution >= 0.6 is 0 Å². The van der Waals surface area contributed by atoms with Crippen molar-refractivity contribution in [1.29, 1.82) is 0 Å². The first-order valence-corrected chi connectivity index (χ1v) is 12.9. The maximum Gasteiger partial charge on any atom is 0.268 e. The van der Waals surface area contributed by atoms with Crippen LogP contribution < -0.4 is 20.9 Å². The quantitative estimate of drug-likeness (QED) is 0.484. The minimum Gasteiger partial charge on any atom is -0.368 e. The molecule has 3 aromatic heterocycles. The fourth-order valence-electron chi connectivity index (χ4n) is 5.41. The molecular weight excluding hydrogens is 452 g/mol. The van der Waals surface area contributed by atoms with Gasteiger partial charge < -0.3 is 25.4 Å². The number of nitrogens with one attached hydrogen (secondary N) is 3. The first-order valence-electron chi connectivity index (χ1n) is 12.9. The number of piperazine rings is 1. The van der Waals surface area contributed by atoms with Crippen molar-refractivity contribution in [2.75, 3.05) is 42.9 Å². The molecular formula is C27H36N8O. The van der Waals surface area contributed by atoms with Crippen molar-refractivity contribution in [3.63, 3.8) is 0 Å². The largest absolute Gasteiger partial charge is 0.368 e. The summed E-state index contributed by atoms with van der Waals surface area (Å²) in [5, 5.41) is 10.6. The standard InChI is InChI=1S/C23H28N8O.C2H6.C2H2/c32-21-18-12-16-13-26-22(28-19-5-4-17(14-25-19)30-10-8-24-9-11-30)29-20(16)31(18)23(15-27-21)6-2-1-3-7-23;2*1-2/h4-5,12-14,24H,1-3,6-11,15H2,(H,27,32)(H,25,26,28,29);1-2H3;1-2H. The van der Waals surface area contributed by atoms with E-state index in [1.807, 2.05) is 32.2 Å². The van der Waals surface area contributed by atoms with Crippen LogP contribution in [-0.4, -0.2) is 58.1 Å². The number of aromatic nitrogens is 4. The third-order valence-electron chi connectivity index (χ3n) is 7.08. The molecule has 190 valence electrons. The monoisotopic (exact) mass is 488 g/mol. The molecule has 1 saturated heterocycles. The smallest absolute Gasteiger partial charge is 0.268 e. The number of carbonyl (C=O) groups excluding carboxylic acids is 1. The zero-order valence-electron chi connectivity index (χ0n) is 21.3. The summed E-state index contributed by atoms with van der Waals surface area (Å²) in [5.74, 6) is 1.18. The van der Waals surface area contributed by atoms with Crippen LogP contribution in [0.3, 0.4) is 0 Å². The second-order valence-corrected chi connectivity index (χ2v) is 9.07. The van der Waals surface area contributed by atoms with Gasteiger partial charge in [0.05, 0.1) is 17.4 Å². The number of amides is 1. The number of hydrogen-bond donors (Lipinski definition) is 3. The van der Waals surface area contributed by atoms with Crippen molar-refractivity contribution in [3.8, 4) is 12.8 Å². The maximum atomic E-state index is 12.6. The van der Waals surface area contributed by atoms with Gasteiger partial charge in [-0.15, -0.1) is 12.8 Å². The topological polar surface area (TPSA) is 100 Å². The molecule has 1 aliphatic carbocycles. The van der Waals surface area contributed by atoms with E-state index in [4.69, 9.17) is 4.98 Å². The fraction of sp³-hybridized carbons (Fsp3) is 0.481. The number of hydrogen-bond acceptors (Lipinski definition) is 7. The average molecular weight is 489 g/mol. The fourth-order valence-corrected chi connectivity index (χ4v) is 5.41. The predicted octanol–water partition coefficient (Wildman–Crippen LogP) is 3.66. The van der Waals surface area contributed by atoms with Crippen molar-refractivity contribution < 1.29 is 4.79 Å². The number of nitrogens with zero attached hydrogens (tertiary/aromatic N) is 5. The van der Waals surface area contributed by atoms with Crippen LogP contribution in [0.1, 0.15) is 56.4 Å². The van der Waals surface area contributed by atoms with Crippen molar-refractivity contribution in [2.24, 2.45) is 0 Å². The van der Waals surface area contributed by atoms with Gasteiger partial charge in [-0.1, -0.05) is 33.1 Å². The van der Waals surface area contributed by atoms with Gasteiger partial charge in [0.15, 0.2) is 0 Å². The van der Waals surface area contributed by atoms with E-state index in [2.05, 4.69) is 54.3 Å². The van der Waals surface area contributed by atoms with E-state index in [1.165, 1.54) is 19.3 Å². The van der Waals surface area contributed by atoms with Crippen LogP contribution in [0.2, 0.25) is 0 Å². The molecule has 9 nitrogen and oxygen atoms in total. The lowest BCUT2D eigenvalue weighted by Crippen LogP contribution is -2.52. The first-order chi connectivity index (χ1) is 17.7. The average Bonchev–Trinajstić information content (AvgIpc) is 3.35. The molecule has 5 heterocycles.